The molecular weight excluding hydrogens is 443 g/mol. The Kier molecular flexibility index (Phi) is 9.04. The minimum Gasteiger partial charge on any atom is -0.496 e. The van der Waals surface area contributed by atoms with Crippen LogP contribution in [0.2, 0.25) is 0 Å². The van der Waals surface area contributed by atoms with Crippen molar-refractivity contribution >= 4 is 23.5 Å². The Morgan fingerprint density at radius 2 is 1.97 bits per heavy atom. The van der Waals surface area contributed by atoms with Crippen LogP contribution in [-0.2, 0) is 32.1 Å². The highest BCUT2D eigenvalue weighted by Gasteiger charge is 2.32. The summed E-state index contributed by atoms with van der Waals surface area (Å²) in [6.45, 7) is 5.89. The first-order valence-electron chi connectivity index (χ1n) is 11.6. The van der Waals surface area contributed by atoms with Gasteiger partial charge in [0.1, 0.15) is 19.0 Å². The molecule has 0 atom stereocenters. The van der Waals surface area contributed by atoms with E-state index in [1.807, 2.05) is 19.9 Å². The van der Waals surface area contributed by atoms with Crippen LogP contribution in [0, 0.1) is 6.92 Å². The molecule has 0 spiro atoms. The van der Waals surface area contributed by atoms with Gasteiger partial charge in [0.15, 0.2) is 6.67 Å². The molecule has 3 rings (SSSR count). The third-order valence-electron chi connectivity index (χ3n) is 6.31. The second-order valence-electron chi connectivity index (χ2n) is 8.65. The maximum absolute atomic E-state index is 13.0. The van der Waals surface area contributed by atoms with Crippen molar-refractivity contribution in [3.8, 4) is 5.75 Å². The van der Waals surface area contributed by atoms with Crippen molar-refractivity contribution in [2.24, 2.45) is 0 Å². The number of allylic oxidation sites excluding steroid dienone is 2. The minimum absolute atomic E-state index is 0.0733. The van der Waals surface area contributed by atoms with E-state index in [4.69, 9.17) is 14.2 Å². The zero-order chi connectivity index (χ0) is 24.7. The number of esters is 2. The van der Waals surface area contributed by atoms with E-state index in [0.717, 1.165) is 30.8 Å². The largest absolute Gasteiger partial charge is 0.496 e. The minimum atomic E-state index is -1.21. The SMILES string of the molecule is COc1c(C)c2c(c(NC(=O)CF)c1C/C=C(\C)CCC(=O)OCCN1CCCC1)C(=O)OC2. The van der Waals surface area contributed by atoms with Crippen molar-refractivity contribution in [1.29, 1.82) is 0 Å². The molecular formula is C25H33FN2O6. The number of carbonyl (C=O) groups is 3. The van der Waals surface area contributed by atoms with E-state index in [0.29, 0.717) is 36.3 Å². The summed E-state index contributed by atoms with van der Waals surface area (Å²) in [5.74, 6) is -1.15. The highest BCUT2D eigenvalue weighted by atomic mass is 19.1. The standard InChI is InChI=1S/C25H33FN2O6/c1-16(7-9-21(30)33-13-12-28-10-4-5-11-28)6-8-18-23(27-20(29)14-26)22-19(15-34-25(22)31)17(2)24(18)32-3/h6H,4-5,7-15H2,1-3H3,(H,27,29)/b16-6+. The van der Waals surface area contributed by atoms with Gasteiger partial charge in [-0.1, -0.05) is 11.6 Å². The van der Waals surface area contributed by atoms with Gasteiger partial charge in [-0.05, 0) is 58.2 Å². The monoisotopic (exact) mass is 476 g/mol. The maximum Gasteiger partial charge on any atom is 0.341 e. The van der Waals surface area contributed by atoms with Gasteiger partial charge in [-0.25, -0.2) is 9.18 Å². The number of methoxy groups -OCH3 is 1. The number of halogens is 1. The van der Waals surface area contributed by atoms with E-state index in [1.165, 1.54) is 20.0 Å². The number of amides is 1. The molecule has 1 N–H and O–H groups in total. The molecule has 1 amide bonds. The summed E-state index contributed by atoms with van der Waals surface area (Å²) in [5, 5.41) is 2.51. The Morgan fingerprint density at radius 3 is 2.65 bits per heavy atom. The van der Waals surface area contributed by atoms with Gasteiger partial charge in [0, 0.05) is 24.1 Å². The number of nitrogens with one attached hydrogen (secondary N) is 1. The van der Waals surface area contributed by atoms with Crippen molar-refractivity contribution in [2.45, 2.75) is 52.6 Å². The van der Waals surface area contributed by atoms with Crippen molar-refractivity contribution < 1.29 is 33.0 Å². The first-order chi connectivity index (χ1) is 16.3. The third kappa shape index (κ3) is 6.14. The number of alkyl halides is 1. The fourth-order valence-corrected chi connectivity index (χ4v) is 4.41. The summed E-state index contributed by atoms with van der Waals surface area (Å²) < 4.78 is 29.1. The van der Waals surface area contributed by atoms with Gasteiger partial charge in [-0.15, -0.1) is 0 Å². The molecule has 0 radical (unpaired) electrons. The highest BCUT2D eigenvalue weighted by molar-refractivity contribution is 6.06. The number of cyclic esters (lactones) is 1. The van der Waals surface area contributed by atoms with E-state index in [-0.39, 0.29) is 30.2 Å². The molecule has 1 saturated heterocycles. The molecule has 1 aromatic rings. The molecule has 2 heterocycles. The van der Waals surface area contributed by atoms with E-state index in [1.54, 1.807) is 0 Å². The molecule has 1 fully saturated rings. The molecule has 34 heavy (non-hydrogen) atoms. The molecule has 0 unspecified atom stereocenters. The van der Waals surface area contributed by atoms with Gasteiger partial charge in [0.05, 0.1) is 18.4 Å². The molecule has 2 aliphatic rings. The first kappa shape index (κ1) is 25.7. The van der Waals surface area contributed by atoms with Crippen LogP contribution in [-0.4, -0.2) is 62.8 Å². The Labute approximate surface area is 199 Å². The second kappa shape index (κ2) is 12.0. The smallest absolute Gasteiger partial charge is 0.341 e. The van der Waals surface area contributed by atoms with Crippen molar-refractivity contribution in [1.82, 2.24) is 4.90 Å². The third-order valence-corrected chi connectivity index (χ3v) is 6.31. The van der Waals surface area contributed by atoms with Gasteiger partial charge in [-0.2, -0.15) is 0 Å². The lowest BCUT2D eigenvalue weighted by atomic mass is 9.93. The van der Waals surface area contributed by atoms with Crippen LogP contribution in [0.1, 0.15) is 59.7 Å². The summed E-state index contributed by atoms with van der Waals surface area (Å²) in [6.07, 6.45) is 5.41. The van der Waals surface area contributed by atoms with Gasteiger partial charge >= 0.3 is 11.9 Å². The van der Waals surface area contributed by atoms with Crippen molar-refractivity contribution in [3.63, 3.8) is 0 Å². The molecule has 1 aromatic carbocycles. The zero-order valence-corrected chi connectivity index (χ0v) is 20.1. The van der Waals surface area contributed by atoms with Crippen LogP contribution in [0.4, 0.5) is 10.1 Å². The lowest BCUT2D eigenvalue weighted by molar-refractivity contribution is -0.144. The number of hydrogen-bond donors (Lipinski definition) is 1. The predicted molar refractivity (Wildman–Crippen MR) is 125 cm³/mol. The van der Waals surface area contributed by atoms with Gasteiger partial charge in [0.25, 0.3) is 5.91 Å². The number of rotatable bonds is 11. The van der Waals surface area contributed by atoms with E-state index in [2.05, 4.69) is 10.2 Å². The van der Waals surface area contributed by atoms with Crippen LogP contribution >= 0.6 is 0 Å². The van der Waals surface area contributed by atoms with Gasteiger partial charge in [-0.3, -0.25) is 14.5 Å². The quantitative estimate of drug-likeness (QED) is 0.386. The average molecular weight is 477 g/mol. The molecule has 0 aromatic heterocycles. The Bertz CT molecular complexity index is 969. The van der Waals surface area contributed by atoms with E-state index >= 15 is 0 Å². The Balaban J connectivity index is 1.69. The van der Waals surface area contributed by atoms with Crippen LogP contribution < -0.4 is 10.1 Å². The van der Waals surface area contributed by atoms with Crippen LogP contribution in [0.5, 0.6) is 5.75 Å². The molecule has 0 aliphatic carbocycles. The number of likely N-dealkylation sites (tertiary alicyclic amines) is 1. The summed E-state index contributed by atoms with van der Waals surface area (Å²) in [7, 11) is 1.51. The number of fused-ring (bicyclic) bond motifs is 1. The lowest BCUT2D eigenvalue weighted by Gasteiger charge is -2.19. The molecule has 8 nitrogen and oxygen atoms in total. The number of anilines is 1. The molecule has 2 aliphatic heterocycles. The van der Waals surface area contributed by atoms with Crippen molar-refractivity contribution in [3.05, 3.63) is 33.9 Å². The number of nitrogens with zero attached hydrogens (tertiary/aromatic N) is 1. The van der Waals surface area contributed by atoms with Crippen molar-refractivity contribution in [2.75, 3.05) is 45.3 Å². The normalized spacial score (nSPS) is 15.8. The Hall–Kier alpha value is -2.94. The maximum atomic E-state index is 13.0. The molecule has 0 bridgehead atoms. The van der Waals surface area contributed by atoms with Gasteiger partial charge in [0.2, 0.25) is 0 Å². The van der Waals surface area contributed by atoms with Crippen LogP contribution in [0.25, 0.3) is 0 Å². The first-order valence-corrected chi connectivity index (χ1v) is 11.6. The van der Waals surface area contributed by atoms with Gasteiger partial charge < -0.3 is 19.5 Å². The number of carbonyl (C=O) groups excluding carboxylic acids is 3. The lowest BCUT2D eigenvalue weighted by Crippen LogP contribution is -2.25. The van der Waals surface area contributed by atoms with Crippen LogP contribution in [0.15, 0.2) is 11.6 Å². The number of hydrogen-bond acceptors (Lipinski definition) is 7. The second-order valence-corrected chi connectivity index (χ2v) is 8.65. The Morgan fingerprint density at radius 1 is 1.24 bits per heavy atom. The summed E-state index contributed by atoms with van der Waals surface area (Å²) in [5.41, 5.74) is 3.33. The summed E-state index contributed by atoms with van der Waals surface area (Å²) >= 11 is 0. The summed E-state index contributed by atoms with van der Waals surface area (Å²) in [4.78, 5) is 38.6. The zero-order valence-electron chi connectivity index (χ0n) is 20.1. The fraction of sp³-hybridized carbons (Fsp3) is 0.560. The van der Waals surface area contributed by atoms with E-state index in [9.17, 15) is 18.8 Å². The number of benzene rings is 1. The molecule has 9 heteroatoms. The van der Waals surface area contributed by atoms with E-state index < -0.39 is 18.6 Å². The molecule has 0 saturated carbocycles. The molecule has 186 valence electrons. The average Bonchev–Trinajstić information content (AvgIpc) is 3.48. The highest BCUT2D eigenvalue weighted by Crippen LogP contribution is 2.41. The van der Waals surface area contributed by atoms with Crippen LogP contribution in [0.3, 0.4) is 0 Å². The predicted octanol–water partition coefficient (Wildman–Crippen LogP) is 3.49. The topological polar surface area (TPSA) is 94.2 Å². The fourth-order valence-electron chi connectivity index (χ4n) is 4.41. The summed E-state index contributed by atoms with van der Waals surface area (Å²) in [6, 6.07) is 0. The number of ether oxygens (including phenoxy) is 3.